The van der Waals surface area contributed by atoms with E-state index in [1.807, 2.05) is 5.38 Å². The quantitative estimate of drug-likeness (QED) is 0.686. The van der Waals surface area contributed by atoms with Gasteiger partial charge in [-0.05, 0) is 0 Å². The maximum Gasteiger partial charge on any atom is 0.330 e. The van der Waals surface area contributed by atoms with Crippen LogP contribution in [0.2, 0.25) is 0 Å². The molecule has 0 amide bonds. The average molecular weight is 281 g/mol. The highest BCUT2D eigenvalue weighted by Gasteiger charge is 2.20. The van der Waals surface area contributed by atoms with Crippen molar-refractivity contribution in [1.82, 2.24) is 14.8 Å². The maximum absolute atomic E-state index is 10.7. The Bertz CT molecular complexity index is 611. The summed E-state index contributed by atoms with van der Waals surface area (Å²) in [5.74, 6) is 0.0512. The summed E-state index contributed by atoms with van der Waals surface area (Å²) < 4.78 is 1.39. The molecule has 0 aromatic carbocycles. The smallest absolute Gasteiger partial charge is 0.330 e. The van der Waals surface area contributed by atoms with Crippen LogP contribution in [0.25, 0.3) is 0 Å². The molecule has 7 nitrogen and oxygen atoms in total. The summed E-state index contributed by atoms with van der Waals surface area (Å²) in [4.78, 5) is 14.6. The van der Waals surface area contributed by atoms with Gasteiger partial charge >= 0.3 is 5.69 Å². The standard InChI is InChI=1S/C11H15N5O2S/c1-11(2,3)10-14-7(6-19-10)5-15-9(12)8(4-13-15)16(17)18/h4,6H,5,12H2,1-3H3. The number of nitrogen functional groups attached to an aromatic ring is 1. The number of hydrogen-bond acceptors (Lipinski definition) is 6. The van der Waals surface area contributed by atoms with E-state index in [0.717, 1.165) is 16.9 Å². The van der Waals surface area contributed by atoms with Gasteiger partial charge in [-0.2, -0.15) is 5.10 Å². The molecule has 0 aliphatic rings. The number of thiazole rings is 1. The van der Waals surface area contributed by atoms with Crippen LogP contribution in [0, 0.1) is 10.1 Å². The largest absolute Gasteiger partial charge is 0.378 e. The van der Waals surface area contributed by atoms with Crippen LogP contribution in [0.1, 0.15) is 31.5 Å². The normalized spacial score (nSPS) is 11.7. The molecule has 2 heterocycles. The molecule has 0 saturated carbocycles. The SMILES string of the molecule is CC(C)(C)c1nc(Cn2ncc([N+](=O)[O-])c2N)cs1. The zero-order valence-electron chi connectivity index (χ0n) is 11.0. The third-order valence-electron chi connectivity index (χ3n) is 2.56. The third kappa shape index (κ3) is 2.73. The first-order chi connectivity index (χ1) is 8.79. The molecule has 0 radical (unpaired) electrons. The van der Waals surface area contributed by atoms with Gasteiger partial charge in [-0.1, -0.05) is 20.8 Å². The van der Waals surface area contributed by atoms with Crippen molar-refractivity contribution in [2.24, 2.45) is 0 Å². The molecule has 0 saturated heterocycles. The van der Waals surface area contributed by atoms with Gasteiger partial charge in [-0.3, -0.25) is 10.1 Å². The molecule has 19 heavy (non-hydrogen) atoms. The van der Waals surface area contributed by atoms with E-state index in [2.05, 4.69) is 30.9 Å². The van der Waals surface area contributed by atoms with Gasteiger partial charge < -0.3 is 5.73 Å². The fraction of sp³-hybridized carbons (Fsp3) is 0.455. The molecule has 0 aliphatic heterocycles. The fourth-order valence-corrected chi connectivity index (χ4v) is 2.43. The lowest BCUT2D eigenvalue weighted by molar-refractivity contribution is -0.384. The van der Waals surface area contributed by atoms with Gasteiger partial charge in [0.05, 0.1) is 22.2 Å². The molecule has 2 N–H and O–H groups in total. The Kier molecular flexibility index (Phi) is 3.27. The summed E-state index contributed by atoms with van der Waals surface area (Å²) in [6, 6.07) is 0. The second-order valence-electron chi connectivity index (χ2n) is 5.22. The van der Waals surface area contributed by atoms with Gasteiger partial charge in [0.2, 0.25) is 5.82 Å². The van der Waals surface area contributed by atoms with Gasteiger partial charge in [0.15, 0.2) is 0 Å². The summed E-state index contributed by atoms with van der Waals surface area (Å²) in [6.45, 7) is 6.60. The molecule has 0 spiro atoms. The molecular formula is C11H15N5O2S. The van der Waals surface area contributed by atoms with E-state index in [1.54, 1.807) is 11.3 Å². The summed E-state index contributed by atoms with van der Waals surface area (Å²) in [5.41, 5.74) is 6.30. The van der Waals surface area contributed by atoms with E-state index in [4.69, 9.17) is 5.73 Å². The minimum Gasteiger partial charge on any atom is -0.378 e. The average Bonchev–Trinajstić information content (AvgIpc) is 2.87. The van der Waals surface area contributed by atoms with Gasteiger partial charge in [0.1, 0.15) is 6.20 Å². The summed E-state index contributed by atoms with van der Waals surface area (Å²) in [7, 11) is 0. The second kappa shape index (κ2) is 4.61. The number of aromatic nitrogens is 3. The van der Waals surface area contributed by atoms with Crippen LogP contribution in [0.3, 0.4) is 0 Å². The molecule has 0 unspecified atom stereocenters. The van der Waals surface area contributed by atoms with Crippen molar-refractivity contribution in [1.29, 1.82) is 0 Å². The van der Waals surface area contributed by atoms with E-state index in [1.165, 1.54) is 4.68 Å². The molecule has 0 fully saturated rings. The van der Waals surface area contributed by atoms with Crippen molar-refractivity contribution in [3.8, 4) is 0 Å². The van der Waals surface area contributed by atoms with Gasteiger partial charge in [0, 0.05) is 10.8 Å². The molecule has 2 aromatic heterocycles. The van der Waals surface area contributed by atoms with E-state index in [-0.39, 0.29) is 16.9 Å². The fourth-order valence-electron chi connectivity index (χ4n) is 1.53. The van der Waals surface area contributed by atoms with Crippen molar-refractivity contribution >= 4 is 22.8 Å². The molecule has 0 atom stereocenters. The number of nitrogens with two attached hydrogens (primary N) is 1. The van der Waals surface area contributed by atoms with E-state index >= 15 is 0 Å². The molecule has 0 aliphatic carbocycles. The topological polar surface area (TPSA) is 99.9 Å². The van der Waals surface area contributed by atoms with Gasteiger partial charge in [0.25, 0.3) is 0 Å². The monoisotopic (exact) mass is 281 g/mol. The Hall–Kier alpha value is -1.96. The molecule has 102 valence electrons. The van der Waals surface area contributed by atoms with Crippen molar-refractivity contribution in [2.75, 3.05) is 5.73 Å². The molecular weight excluding hydrogens is 266 g/mol. The highest BCUT2D eigenvalue weighted by Crippen LogP contribution is 2.26. The first-order valence-electron chi connectivity index (χ1n) is 5.69. The minimum atomic E-state index is -0.541. The maximum atomic E-state index is 10.7. The van der Waals surface area contributed by atoms with Crippen LogP contribution in [-0.2, 0) is 12.0 Å². The highest BCUT2D eigenvalue weighted by molar-refractivity contribution is 7.09. The Morgan fingerprint density at radius 3 is 2.68 bits per heavy atom. The first-order valence-corrected chi connectivity index (χ1v) is 6.57. The lowest BCUT2D eigenvalue weighted by atomic mass is 9.98. The second-order valence-corrected chi connectivity index (χ2v) is 6.08. The van der Waals surface area contributed by atoms with E-state index in [9.17, 15) is 10.1 Å². The van der Waals surface area contributed by atoms with Gasteiger partial charge in [-0.25, -0.2) is 9.67 Å². The lowest BCUT2D eigenvalue weighted by Crippen LogP contribution is -2.11. The van der Waals surface area contributed by atoms with Crippen LogP contribution >= 0.6 is 11.3 Å². The Morgan fingerprint density at radius 2 is 2.21 bits per heavy atom. The van der Waals surface area contributed by atoms with Crippen LogP contribution in [-0.4, -0.2) is 19.7 Å². The first kappa shape index (κ1) is 13.5. The predicted molar refractivity (Wildman–Crippen MR) is 73.2 cm³/mol. The Balaban J connectivity index is 2.22. The van der Waals surface area contributed by atoms with Crippen molar-refractivity contribution < 1.29 is 4.92 Å². The lowest BCUT2D eigenvalue weighted by Gasteiger charge is -2.13. The predicted octanol–water partition coefficient (Wildman–Crippen LogP) is 2.18. The molecule has 2 rings (SSSR count). The third-order valence-corrected chi connectivity index (χ3v) is 3.88. The van der Waals surface area contributed by atoms with Crippen molar-refractivity contribution in [2.45, 2.75) is 32.7 Å². The number of rotatable bonds is 3. The Morgan fingerprint density at radius 1 is 1.53 bits per heavy atom. The van der Waals surface area contributed by atoms with Crippen molar-refractivity contribution in [3.63, 3.8) is 0 Å². The summed E-state index contributed by atoms with van der Waals surface area (Å²) in [6.07, 6.45) is 1.16. The highest BCUT2D eigenvalue weighted by atomic mass is 32.1. The molecule has 8 heteroatoms. The number of anilines is 1. The zero-order chi connectivity index (χ0) is 14.2. The Labute approximate surface area is 114 Å². The zero-order valence-corrected chi connectivity index (χ0v) is 11.8. The number of nitro groups is 1. The molecule has 0 bridgehead atoms. The summed E-state index contributed by atoms with van der Waals surface area (Å²) >= 11 is 1.57. The number of hydrogen-bond donors (Lipinski definition) is 1. The molecule has 2 aromatic rings. The van der Waals surface area contributed by atoms with E-state index in [0.29, 0.717) is 6.54 Å². The minimum absolute atomic E-state index is 0.00935. The van der Waals surface area contributed by atoms with Crippen LogP contribution in [0.4, 0.5) is 11.5 Å². The van der Waals surface area contributed by atoms with Crippen molar-refractivity contribution in [3.05, 3.63) is 32.4 Å². The van der Waals surface area contributed by atoms with Crippen LogP contribution in [0.15, 0.2) is 11.6 Å². The number of nitrogens with zero attached hydrogens (tertiary/aromatic N) is 4. The summed E-state index contributed by atoms with van der Waals surface area (Å²) in [5, 5.41) is 17.5. The van der Waals surface area contributed by atoms with E-state index < -0.39 is 4.92 Å². The van der Waals surface area contributed by atoms with Gasteiger partial charge in [-0.15, -0.1) is 11.3 Å². The van der Waals surface area contributed by atoms with Crippen LogP contribution in [0.5, 0.6) is 0 Å². The van der Waals surface area contributed by atoms with Crippen LogP contribution < -0.4 is 5.73 Å².